The van der Waals surface area contributed by atoms with Crippen molar-refractivity contribution in [3.63, 3.8) is 0 Å². The second kappa shape index (κ2) is 9.03. The van der Waals surface area contributed by atoms with Crippen molar-refractivity contribution < 1.29 is 0 Å². The summed E-state index contributed by atoms with van der Waals surface area (Å²) in [5, 5.41) is 11.8. The summed E-state index contributed by atoms with van der Waals surface area (Å²) < 4.78 is 2.18. The van der Waals surface area contributed by atoms with Gasteiger partial charge in [-0.2, -0.15) is 0 Å². The van der Waals surface area contributed by atoms with Crippen molar-refractivity contribution in [2.45, 2.75) is 13.3 Å². The lowest BCUT2D eigenvalue weighted by molar-refractivity contribution is 1.06. The predicted octanol–water partition coefficient (Wildman–Crippen LogP) is 7.98. The highest BCUT2D eigenvalue weighted by Crippen LogP contribution is 2.33. The Morgan fingerprint density at radius 3 is 1.94 bits per heavy atom. The molecule has 0 radical (unpaired) electrons. The molecule has 1 heterocycles. The highest BCUT2D eigenvalue weighted by molar-refractivity contribution is 5.95. The third-order valence-corrected chi connectivity index (χ3v) is 6.55. The maximum atomic E-state index is 4.73. The monoisotopic (exact) mass is 451 g/mol. The van der Waals surface area contributed by atoms with Crippen LogP contribution in [0, 0.1) is 0 Å². The molecule has 6 aromatic rings. The molecule has 35 heavy (non-hydrogen) atoms. The van der Waals surface area contributed by atoms with Gasteiger partial charge >= 0.3 is 0 Å². The summed E-state index contributed by atoms with van der Waals surface area (Å²) >= 11 is 0. The largest absolute Gasteiger partial charge is 0.275 e. The van der Waals surface area contributed by atoms with Crippen LogP contribution >= 0.6 is 0 Å². The fourth-order valence-electron chi connectivity index (χ4n) is 4.63. The van der Waals surface area contributed by atoms with E-state index in [0.29, 0.717) is 0 Å². The number of aryl methyl sites for hydroxylation is 1. The zero-order valence-corrected chi connectivity index (χ0v) is 19.6. The molecule has 168 valence electrons. The first-order valence-corrected chi connectivity index (χ1v) is 12.0. The molecule has 5 aromatic carbocycles. The van der Waals surface area contributed by atoms with Crippen molar-refractivity contribution in [1.29, 1.82) is 0 Å². The van der Waals surface area contributed by atoms with Gasteiger partial charge in [0.1, 0.15) is 0 Å². The molecular formula is C32H25N3. The maximum Gasteiger partial charge on any atom is 0.169 e. The van der Waals surface area contributed by atoms with Crippen LogP contribution in [0.3, 0.4) is 0 Å². The molecule has 0 aliphatic carbocycles. The van der Waals surface area contributed by atoms with Crippen molar-refractivity contribution in [1.82, 2.24) is 14.8 Å². The number of fused-ring (bicyclic) bond motifs is 1. The predicted molar refractivity (Wildman–Crippen MR) is 145 cm³/mol. The van der Waals surface area contributed by atoms with Gasteiger partial charge in [-0.05, 0) is 46.0 Å². The van der Waals surface area contributed by atoms with E-state index in [9.17, 15) is 0 Å². The van der Waals surface area contributed by atoms with Gasteiger partial charge in [-0.15, -0.1) is 10.2 Å². The average molecular weight is 452 g/mol. The summed E-state index contributed by atoms with van der Waals surface area (Å²) in [4.78, 5) is 0. The molecule has 0 saturated carbocycles. The Morgan fingerprint density at radius 2 is 1.17 bits per heavy atom. The third-order valence-electron chi connectivity index (χ3n) is 6.55. The van der Waals surface area contributed by atoms with Gasteiger partial charge < -0.3 is 0 Å². The van der Waals surface area contributed by atoms with Crippen molar-refractivity contribution >= 4 is 10.8 Å². The van der Waals surface area contributed by atoms with Crippen LogP contribution in [0.4, 0.5) is 0 Å². The third kappa shape index (κ3) is 3.91. The van der Waals surface area contributed by atoms with Crippen LogP contribution in [0.2, 0.25) is 0 Å². The van der Waals surface area contributed by atoms with E-state index in [0.717, 1.165) is 34.9 Å². The Bertz CT molecular complexity index is 1590. The maximum absolute atomic E-state index is 4.73. The molecule has 0 aliphatic rings. The van der Waals surface area contributed by atoms with Crippen LogP contribution in [0.5, 0.6) is 0 Å². The quantitative estimate of drug-likeness (QED) is 0.266. The van der Waals surface area contributed by atoms with Crippen molar-refractivity contribution in [2.75, 3.05) is 0 Å². The topological polar surface area (TPSA) is 30.7 Å². The number of hydrogen-bond donors (Lipinski definition) is 0. The Kier molecular flexibility index (Phi) is 5.44. The van der Waals surface area contributed by atoms with E-state index in [4.69, 9.17) is 10.2 Å². The lowest BCUT2D eigenvalue weighted by Gasteiger charge is -2.13. The van der Waals surface area contributed by atoms with Gasteiger partial charge in [-0.25, -0.2) is 0 Å². The SMILES string of the molecule is CCc1ccc(-n2c(-c3ccc(-c4ccccc4)cc3)nnc2-c2cccc3ccccc23)cc1. The molecule has 0 saturated heterocycles. The molecule has 0 aliphatic heterocycles. The molecule has 0 N–H and O–H groups in total. The fourth-order valence-corrected chi connectivity index (χ4v) is 4.63. The molecule has 0 spiro atoms. The molecule has 0 bridgehead atoms. The number of hydrogen-bond acceptors (Lipinski definition) is 2. The highest BCUT2D eigenvalue weighted by Gasteiger charge is 2.19. The highest BCUT2D eigenvalue weighted by atomic mass is 15.3. The van der Waals surface area contributed by atoms with Crippen LogP contribution in [-0.4, -0.2) is 14.8 Å². The van der Waals surface area contributed by atoms with Gasteiger partial charge in [0.15, 0.2) is 11.6 Å². The smallest absolute Gasteiger partial charge is 0.169 e. The van der Waals surface area contributed by atoms with E-state index < -0.39 is 0 Å². The van der Waals surface area contributed by atoms with Gasteiger partial charge in [-0.3, -0.25) is 4.57 Å². The number of aromatic nitrogens is 3. The van der Waals surface area contributed by atoms with Crippen molar-refractivity contribution in [2.24, 2.45) is 0 Å². The van der Waals surface area contributed by atoms with Crippen molar-refractivity contribution in [3.8, 4) is 39.6 Å². The minimum atomic E-state index is 0.830. The van der Waals surface area contributed by atoms with E-state index in [-0.39, 0.29) is 0 Å². The lowest BCUT2D eigenvalue weighted by Crippen LogP contribution is -2.01. The van der Waals surface area contributed by atoms with E-state index >= 15 is 0 Å². The normalized spacial score (nSPS) is 11.1. The first-order chi connectivity index (χ1) is 17.3. The summed E-state index contributed by atoms with van der Waals surface area (Å²) in [6.07, 6.45) is 1.01. The van der Waals surface area contributed by atoms with Crippen LogP contribution in [0.15, 0.2) is 121 Å². The van der Waals surface area contributed by atoms with Gasteiger partial charge in [-0.1, -0.05) is 116 Å². The number of rotatable bonds is 5. The molecule has 3 nitrogen and oxygen atoms in total. The van der Waals surface area contributed by atoms with Crippen LogP contribution in [0.25, 0.3) is 50.4 Å². The number of nitrogens with zero attached hydrogens (tertiary/aromatic N) is 3. The van der Waals surface area contributed by atoms with E-state index in [1.54, 1.807) is 0 Å². The molecule has 0 atom stereocenters. The zero-order valence-electron chi connectivity index (χ0n) is 19.6. The van der Waals surface area contributed by atoms with E-state index in [1.165, 1.54) is 27.5 Å². The first kappa shape index (κ1) is 21.1. The molecule has 0 amide bonds. The Balaban J connectivity index is 1.53. The second-order valence-corrected chi connectivity index (χ2v) is 8.67. The van der Waals surface area contributed by atoms with Gasteiger partial charge in [0.05, 0.1) is 0 Å². The Morgan fingerprint density at radius 1 is 0.543 bits per heavy atom. The van der Waals surface area contributed by atoms with E-state index in [2.05, 4.69) is 127 Å². The lowest BCUT2D eigenvalue weighted by atomic mass is 10.0. The minimum absolute atomic E-state index is 0.830. The van der Waals surface area contributed by atoms with Crippen LogP contribution in [0.1, 0.15) is 12.5 Å². The summed E-state index contributed by atoms with van der Waals surface area (Å²) in [6.45, 7) is 2.18. The Hall–Kier alpha value is -4.50. The summed E-state index contributed by atoms with van der Waals surface area (Å²) in [5.74, 6) is 1.67. The fraction of sp³-hybridized carbons (Fsp3) is 0.0625. The minimum Gasteiger partial charge on any atom is -0.275 e. The average Bonchev–Trinajstić information content (AvgIpc) is 3.38. The number of benzene rings is 5. The summed E-state index contributed by atoms with van der Waals surface area (Å²) in [5.41, 5.74) is 6.85. The molecular weight excluding hydrogens is 426 g/mol. The van der Waals surface area contributed by atoms with E-state index in [1.807, 2.05) is 6.07 Å². The van der Waals surface area contributed by atoms with Crippen molar-refractivity contribution in [3.05, 3.63) is 127 Å². The molecule has 0 fully saturated rings. The standard InChI is InChI=1S/C32H25N3/c1-2-23-15-21-28(22-16-23)35-31(27-19-17-25(18-20-27)24-9-4-3-5-10-24)33-34-32(35)30-14-8-12-26-11-6-7-13-29(26)30/h3-22H,2H2,1H3. The van der Waals surface area contributed by atoms with Gasteiger partial charge in [0, 0.05) is 16.8 Å². The first-order valence-electron chi connectivity index (χ1n) is 12.0. The molecule has 1 aromatic heterocycles. The van der Waals surface area contributed by atoms with Gasteiger partial charge in [0.2, 0.25) is 0 Å². The zero-order chi connectivity index (χ0) is 23.6. The molecule has 0 unspecified atom stereocenters. The van der Waals surface area contributed by atoms with Gasteiger partial charge in [0.25, 0.3) is 0 Å². The van der Waals surface area contributed by atoms with Crippen LogP contribution in [-0.2, 0) is 6.42 Å². The molecule has 3 heteroatoms. The summed E-state index contributed by atoms with van der Waals surface area (Å²) in [7, 11) is 0. The molecule has 6 rings (SSSR count). The summed E-state index contributed by atoms with van der Waals surface area (Å²) in [6, 6.07) is 42.5. The Labute approximate surface area is 205 Å². The second-order valence-electron chi connectivity index (χ2n) is 8.67. The van der Waals surface area contributed by atoms with Crippen LogP contribution < -0.4 is 0 Å².